The first-order valence-electron chi connectivity index (χ1n) is 6.49. The minimum atomic E-state index is -0.127. The maximum absolute atomic E-state index is 13.9. The summed E-state index contributed by atoms with van der Waals surface area (Å²) in [5.74, 6) is 1.51. The third-order valence-electron chi connectivity index (χ3n) is 3.17. The van der Waals surface area contributed by atoms with Crippen molar-refractivity contribution >= 4 is 11.8 Å². The van der Waals surface area contributed by atoms with Crippen molar-refractivity contribution < 1.29 is 8.81 Å². The van der Waals surface area contributed by atoms with Gasteiger partial charge >= 0.3 is 0 Å². The van der Waals surface area contributed by atoms with Gasteiger partial charge in [0.15, 0.2) is 0 Å². The minimum absolute atomic E-state index is 0.127. The number of hydrogen-bond donors (Lipinski definition) is 1. The monoisotopic (exact) mass is 277 g/mol. The summed E-state index contributed by atoms with van der Waals surface area (Å²) in [6.07, 6.45) is 4.09. The number of benzene rings is 1. The molecule has 4 heteroatoms. The van der Waals surface area contributed by atoms with Crippen molar-refractivity contribution in [3.8, 4) is 0 Å². The summed E-state index contributed by atoms with van der Waals surface area (Å²) in [4.78, 5) is 0.990. The highest BCUT2D eigenvalue weighted by Crippen LogP contribution is 2.29. The lowest BCUT2D eigenvalue weighted by atomic mass is 10.2. The van der Waals surface area contributed by atoms with E-state index in [1.165, 1.54) is 18.9 Å². The fourth-order valence-corrected chi connectivity index (χ4v) is 2.90. The van der Waals surface area contributed by atoms with Crippen molar-refractivity contribution in [2.24, 2.45) is 0 Å². The zero-order chi connectivity index (χ0) is 13.1. The van der Waals surface area contributed by atoms with E-state index in [-0.39, 0.29) is 5.82 Å². The van der Waals surface area contributed by atoms with Gasteiger partial charge in [-0.15, -0.1) is 11.8 Å². The van der Waals surface area contributed by atoms with Crippen LogP contribution in [0.25, 0.3) is 0 Å². The third kappa shape index (κ3) is 3.39. The van der Waals surface area contributed by atoms with Gasteiger partial charge in [-0.3, -0.25) is 0 Å². The third-order valence-corrected chi connectivity index (χ3v) is 4.29. The van der Waals surface area contributed by atoms with Gasteiger partial charge in [0.2, 0.25) is 0 Å². The van der Waals surface area contributed by atoms with Crippen molar-refractivity contribution in [2.75, 3.05) is 0 Å². The minimum Gasteiger partial charge on any atom is -0.468 e. The molecule has 19 heavy (non-hydrogen) atoms. The average Bonchev–Trinajstić information content (AvgIpc) is 3.09. The molecule has 0 unspecified atom stereocenters. The summed E-state index contributed by atoms with van der Waals surface area (Å²) in [5, 5.41) is 3.37. The highest BCUT2D eigenvalue weighted by Gasteiger charge is 2.21. The van der Waals surface area contributed by atoms with Crippen LogP contribution in [0.1, 0.15) is 24.2 Å². The van der Waals surface area contributed by atoms with Crippen LogP contribution in [0.4, 0.5) is 4.39 Å². The zero-order valence-electron chi connectivity index (χ0n) is 10.6. The van der Waals surface area contributed by atoms with Crippen molar-refractivity contribution in [1.29, 1.82) is 0 Å². The van der Waals surface area contributed by atoms with Crippen molar-refractivity contribution in [2.45, 2.75) is 36.1 Å². The Morgan fingerprint density at radius 1 is 1.26 bits per heavy atom. The van der Waals surface area contributed by atoms with Crippen molar-refractivity contribution in [3.05, 3.63) is 53.7 Å². The van der Waals surface area contributed by atoms with Gasteiger partial charge in [0.05, 0.1) is 12.0 Å². The van der Waals surface area contributed by atoms with E-state index in [1.54, 1.807) is 24.1 Å². The number of hydrogen-bond acceptors (Lipinski definition) is 3. The van der Waals surface area contributed by atoms with E-state index in [1.807, 2.05) is 18.2 Å². The number of nitrogens with one attached hydrogen (secondary N) is 1. The molecule has 3 rings (SSSR count). The predicted octanol–water partition coefficient (Wildman–Crippen LogP) is 3.96. The Morgan fingerprint density at radius 2 is 2.16 bits per heavy atom. The molecule has 100 valence electrons. The van der Waals surface area contributed by atoms with E-state index in [0.717, 1.165) is 22.0 Å². The van der Waals surface area contributed by atoms with Crippen LogP contribution >= 0.6 is 11.8 Å². The summed E-state index contributed by atoms with van der Waals surface area (Å²) in [5.41, 5.74) is 0.769. The van der Waals surface area contributed by atoms with Gasteiger partial charge in [-0.05, 0) is 37.1 Å². The molecule has 0 radical (unpaired) electrons. The normalized spacial score (nSPS) is 14.8. The first-order chi connectivity index (χ1) is 9.33. The van der Waals surface area contributed by atoms with Gasteiger partial charge < -0.3 is 9.73 Å². The maximum Gasteiger partial charge on any atom is 0.128 e. The fourth-order valence-electron chi connectivity index (χ4n) is 1.92. The Morgan fingerprint density at radius 3 is 2.89 bits per heavy atom. The number of rotatable bonds is 6. The molecule has 2 nitrogen and oxygen atoms in total. The van der Waals surface area contributed by atoms with Crippen LogP contribution in [-0.4, -0.2) is 6.04 Å². The van der Waals surface area contributed by atoms with E-state index in [0.29, 0.717) is 12.6 Å². The quantitative estimate of drug-likeness (QED) is 0.809. The second-order valence-corrected chi connectivity index (χ2v) is 5.76. The predicted molar refractivity (Wildman–Crippen MR) is 74.5 cm³/mol. The zero-order valence-corrected chi connectivity index (χ0v) is 11.4. The molecule has 1 N–H and O–H groups in total. The van der Waals surface area contributed by atoms with Gasteiger partial charge in [-0.25, -0.2) is 4.39 Å². The van der Waals surface area contributed by atoms with Gasteiger partial charge in [-0.2, -0.15) is 0 Å². The molecule has 1 aliphatic rings. The molecular formula is C15H16FNOS. The Kier molecular flexibility index (Phi) is 3.89. The topological polar surface area (TPSA) is 25.2 Å². The van der Waals surface area contributed by atoms with Crippen molar-refractivity contribution in [1.82, 2.24) is 5.32 Å². The second kappa shape index (κ2) is 5.80. The molecule has 0 atom stereocenters. The second-order valence-electron chi connectivity index (χ2n) is 4.74. The van der Waals surface area contributed by atoms with E-state index in [9.17, 15) is 4.39 Å². The molecule has 0 aliphatic heterocycles. The molecule has 1 aromatic heterocycles. The maximum atomic E-state index is 13.9. The van der Waals surface area contributed by atoms with Gasteiger partial charge in [0, 0.05) is 23.0 Å². The fraction of sp³-hybridized carbons (Fsp3) is 0.333. The standard InChI is InChI=1S/C15H16FNOS/c16-14-4-1-5-15(13(14)9-17-11-6-7-11)19-10-12-3-2-8-18-12/h1-5,8,11,17H,6-7,9-10H2. The summed E-state index contributed by atoms with van der Waals surface area (Å²) in [6.45, 7) is 0.609. The average molecular weight is 277 g/mol. The molecule has 0 saturated heterocycles. The molecule has 0 amide bonds. The van der Waals surface area contributed by atoms with Gasteiger partial charge in [0.1, 0.15) is 11.6 Å². The largest absolute Gasteiger partial charge is 0.468 e. The molecule has 1 fully saturated rings. The van der Waals surface area contributed by atoms with Crippen LogP contribution in [0, 0.1) is 5.82 Å². The molecular weight excluding hydrogens is 261 g/mol. The molecule has 1 heterocycles. The molecule has 2 aromatic rings. The van der Waals surface area contributed by atoms with Crippen LogP contribution in [0.3, 0.4) is 0 Å². The lowest BCUT2D eigenvalue weighted by Gasteiger charge is -2.10. The first-order valence-corrected chi connectivity index (χ1v) is 7.47. The molecule has 1 aromatic carbocycles. The van der Waals surface area contributed by atoms with E-state index >= 15 is 0 Å². The Bertz CT molecular complexity index is 537. The van der Waals surface area contributed by atoms with Crippen LogP contribution in [0.15, 0.2) is 45.9 Å². The Labute approximate surface area is 116 Å². The lowest BCUT2D eigenvalue weighted by Crippen LogP contribution is -2.16. The number of thioether (sulfide) groups is 1. The SMILES string of the molecule is Fc1cccc(SCc2ccco2)c1CNC1CC1. The van der Waals surface area contributed by atoms with E-state index in [4.69, 9.17) is 4.42 Å². The lowest BCUT2D eigenvalue weighted by molar-refractivity contribution is 0.530. The molecule has 0 bridgehead atoms. The number of furan rings is 1. The van der Waals surface area contributed by atoms with Crippen LogP contribution in [-0.2, 0) is 12.3 Å². The molecule has 0 spiro atoms. The first kappa shape index (κ1) is 12.8. The van der Waals surface area contributed by atoms with E-state index in [2.05, 4.69) is 5.32 Å². The number of halogens is 1. The van der Waals surface area contributed by atoms with E-state index < -0.39 is 0 Å². The summed E-state index contributed by atoms with van der Waals surface area (Å²) < 4.78 is 19.2. The molecule has 1 aliphatic carbocycles. The highest BCUT2D eigenvalue weighted by atomic mass is 32.2. The van der Waals surface area contributed by atoms with Crippen LogP contribution < -0.4 is 5.32 Å². The van der Waals surface area contributed by atoms with Crippen LogP contribution in [0.2, 0.25) is 0 Å². The van der Waals surface area contributed by atoms with Crippen molar-refractivity contribution in [3.63, 3.8) is 0 Å². The molecule has 1 saturated carbocycles. The Hall–Kier alpha value is -1.26. The highest BCUT2D eigenvalue weighted by molar-refractivity contribution is 7.98. The Balaban J connectivity index is 1.69. The summed E-state index contributed by atoms with van der Waals surface area (Å²) >= 11 is 1.62. The van der Waals surface area contributed by atoms with Crippen LogP contribution in [0.5, 0.6) is 0 Å². The van der Waals surface area contributed by atoms with Gasteiger partial charge in [-0.1, -0.05) is 6.07 Å². The summed E-state index contributed by atoms with van der Waals surface area (Å²) in [7, 11) is 0. The summed E-state index contributed by atoms with van der Waals surface area (Å²) in [6, 6.07) is 9.66. The smallest absolute Gasteiger partial charge is 0.128 e. The van der Waals surface area contributed by atoms with Gasteiger partial charge in [0.25, 0.3) is 0 Å².